The molecule has 2 aliphatic heterocycles. The molecule has 17 heteroatoms. The third-order valence-electron chi connectivity index (χ3n) is 10.8. The number of nitrogens with one attached hydrogen (secondary N) is 2. The standard InChI is InChI=1S/C37H42ClN2O12P.C6H15N/c1-45-29-15-13-28(14-16-29)37(26-9-5-3-6-10-26,27-11-7-4-8-12-27)48-25-30-32(52-53(43,44)49-24-20-38)33(51-36(46-2)18-22-47-23-19-36)34(50-30)40-21-17-31(41)39-35(40)42;1-4-7(5-2)6-3/h3-17,21,30,32-34H,18-20,22-25H2,1-2H3,(H,43,44)(H,39,41,42);4-6H2,1-3H3/t30-,32-,33-,34-;/m1./s1. The molecule has 0 spiro atoms. The minimum Gasteiger partial charge on any atom is -0.756 e. The number of hydrogen-bond acceptors (Lipinski definition) is 12. The van der Waals surface area contributed by atoms with E-state index in [1.165, 1.54) is 32.9 Å². The zero-order chi connectivity index (χ0) is 43.2. The fraction of sp³-hybridized carbons (Fsp3) is 0.488. The van der Waals surface area contributed by atoms with E-state index in [1.807, 2.05) is 84.9 Å². The van der Waals surface area contributed by atoms with Crippen LogP contribution < -0.4 is 25.8 Å². The van der Waals surface area contributed by atoms with E-state index in [1.54, 1.807) is 12.0 Å². The fourth-order valence-corrected chi connectivity index (χ4v) is 8.57. The average molecular weight is 874 g/mol. The lowest BCUT2D eigenvalue weighted by molar-refractivity contribution is -0.894. The molecule has 6 rings (SSSR count). The first-order valence-corrected chi connectivity index (χ1v) is 22.2. The van der Waals surface area contributed by atoms with Crippen LogP contribution >= 0.6 is 19.4 Å². The average Bonchev–Trinajstić information content (AvgIpc) is 3.59. The van der Waals surface area contributed by atoms with Crippen molar-refractivity contribution in [1.82, 2.24) is 9.55 Å². The van der Waals surface area contributed by atoms with Gasteiger partial charge in [0.05, 0.1) is 53.2 Å². The topological polar surface area (TPSA) is 173 Å². The van der Waals surface area contributed by atoms with Crippen LogP contribution in [0.5, 0.6) is 5.75 Å². The summed E-state index contributed by atoms with van der Waals surface area (Å²) in [4.78, 5) is 42.6. The van der Waals surface area contributed by atoms with Crippen LogP contribution in [-0.2, 0) is 42.9 Å². The third-order valence-corrected chi connectivity index (χ3v) is 11.9. The molecule has 3 aromatic carbocycles. The molecule has 5 atom stereocenters. The highest BCUT2D eigenvalue weighted by Gasteiger charge is 2.54. The molecular weight excluding hydrogens is 817 g/mol. The van der Waals surface area contributed by atoms with Crippen LogP contribution in [0.2, 0.25) is 0 Å². The van der Waals surface area contributed by atoms with Crippen LogP contribution in [0.25, 0.3) is 0 Å². The first-order chi connectivity index (χ1) is 29.0. The first-order valence-electron chi connectivity index (χ1n) is 20.2. The second-order valence-corrected chi connectivity index (χ2v) is 15.9. The molecule has 1 unspecified atom stereocenters. The predicted molar refractivity (Wildman–Crippen MR) is 223 cm³/mol. The van der Waals surface area contributed by atoms with Crippen LogP contribution in [0.15, 0.2) is 107 Å². The van der Waals surface area contributed by atoms with E-state index < -0.39 is 55.0 Å². The zero-order valence-electron chi connectivity index (χ0n) is 34.8. The quantitative estimate of drug-likeness (QED) is 0.0601. The Balaban J connectivity index is 0.000000896. The molecule has 2 saturated heterocycles. The Bertz CT molecular complexity index is 2000. The number of rotatable bonds is 19. The predicted octanol–water partition coefficient (Wildman–Crippen LogP) is 4.03. The van der Waals surface area contributed by atoms with Crippen LogP contribution in [0.1, 0.15) is 56.5 Å². The van der Waals surface area contributed by atoms with E-state index >= 15 is 0 Å². The van der Waals surface area contributed by atoms with Gasteiger partial charge in [0, 0.05) is 38.1 Å². The Kier molecular flexibility index (Phi) is 17.7. The van der Waals surface area contributed by atoms with E-state index in [9.17, 15) is 19.0 Å². The Morgan fingerprint density at radius 1 is 0.883 bits per heavy atom. The summed E-state index contributed by atoms with van der Waals surface area (Å²) in [6.07, 6.45) is -3.54. The van der Waals surface area contributed by atoms with Gasteiger partial charge in [0.15, 0.2) is 12.0 Å². The molecule has 3 heterocycles. The number of phosphoric acid groups is 1. The number of aromatic nitrogens is 2. The Morgan fingerprint density at radius 2 is 1.47 bits per heavy atom. The van der Waals surface area contributed by atoms with Crippen molar-refractivity contribution in [1.29, 1.82) is 0 Å². The SMILES string of the molecule is CC[NH+](CC)CC.COc1ccc(C(OC[C@H]2O[C@@H](n3ccc(=O)[nH]c3=O)[C@H](OC3(OC)CCOCC3)[C@@H]2OP(=O)([O-])OCCCl)(c2ccccc2)c2ccccc2)cc1. The number of quaternary nitrogens is 1. The van der Waals surface area contributed by atoms with Crippen molar-refractivity contribution in [3.8, 4) is 5.75 Å². The van der Waals surface area contributed by atoms with E-state index in [0.29, 0.717) is 19.0 Å². The van der Waals surface area contributed by atoms with Crippen LogP contribution in [-0.4, -0.2) is 99.8 Å². The van der Waals surface area contributed by atoms with Crippen molar-refractivity contribution >= 4 is 19.4 Å². The maximum atomic E-state index is 13.4. The van der Waals surface area contributed by atoms with Gasteiger partial charge in [-0.1, -0.05) is 72.8 Å². The van der Waals surface area contributed by atoms with Gasteiger partial charge in [-0.25, -0.2) is 4.79 Å². The molecule has 4 aromatic rings. The Morgan fingerprint density at radius 3 is 1.97 bits per heavy atom. The first kappa shape index (κ1) is 47.4. The second kappa shape index (κ2) is 22.4. The summed E-state index contributed by atoms with van der Waals surface area (Å²) >= 11 is 5.76. The van der Waals surface area contributed by atoms with Gasteiger partial charge in [0.1, 0.15) is 29.7 Å². The zero-order valence-corrected chi connectivity index (χ0v) is 36.4. The number of hydrogen-bond donors (Lipinski definition) is 2. The number of halogens is 1. The molecular formula is C43H57ClN3O12P. The molecule has 328 valence electrons. The highest BCUT2D eigenvalue weighted by molar-refractivity contribution is 7.45. The highest BCUT2D eigenvalue weighted by atomic mass is 35.5. The van der Waals surface area contributed by atoms with E-state index in [2.05, 4.69) is 25.8 Å². The van der Waals surface area contributed by atoms with Gasteiger partial charge < -0.3 is 47.3 Å². The van der Waals surface area contributed by atoms with Crippen LogP contribution in [0.3, 0.4) is 0 Å². The molecule has 0 bridgehead atoms. The number of methoxy groups -OCH3 is 2. The number of H-pyrrole nitrogens is 1. The Hall–Kier alpha value is -3.70. The summed E-state index contributed by atoms with van der Waals surface area (Å²) in [6.45, 7) is 10.4. The normalized spacial score (nSPS) is 21.2. The number of benzene rings is 3. The summed E-state index contributed by atoms with van der Waals surface area (Å²) in [5.41, 5.74) is -0.494. The Labute approximate surface area is 356 Å². The summed E-state index contributed by atoms with van der Waals surface area (Å²) in [7, 11) is -2.04. The molecule has 0 saturated carbocycles. The summed E-state index contributed by atoms with van der Waals surface area (Å²) < 4.78 is 62.4. The van der Waals surface area contributed by atoms with Gasteiger partial charge >= 0.3 is 5.69 Å². The lowest BCUT2D eigenvalue weighted by Crippen LogP contribution is -3.11. The maximum Gasteiger partial charge on any atom is 0.330 e. The van der Waals surface area contributed by atoms with Crippen molar-refractivity contribution in [3.63, 3.8) is 0 Å². The highest BCUT2D eigenvalue weighted by Crippen LogP contribution is 2.48. The molecule has 2 fully saturated rings. The van der Waals surface area contributed by atoms with Crippen molar-refractivity contribution in [3.05, 3.63) is 135 Å². The van der Waals surface area contributed by atoms with E-state index in [-0.39, 0.29) is 31.9 Å². The van der Waals surface area contributed by atoms with Gasteiger partial charge in [-0.05, 0) is 49.6 Å². The minimum absolute atomic E-state index is 0.121. The van der Waals surface area contributed by atoms with Crippen molar-refractivity contribution < 1.29 is 51.8 Å². The third kappa shape index (κ3) is 11.6. The minimum atomic E-state index is -5.08. The summed E-state index contributed by atoms with van der Waals surface area (Å²) in [5.74, 6) is -0.753. The molecule has 15 nitrogen and oxygen atoms in total. The monoisotopic (exact) mass is 873 g/mol. The van der Waals surface area contributed by atoms with Crippen molar-refractivity contribution in [2.24, 2.45) is 0 Å². The summed E-state index contributed by atoms with van der Waals surface area (Å²) in [6, 6.07) is 27.6. The second-order valence-electron chi connectivity index (χ2n) is 14.2. The molecule has 0 radical (unpaired) electrons. The van der Waals surface area contributed by atoms with E-state index in [4.69, 9.17) is 49.1 Å². The molecule has 60 heavy (non-hydrogen) atoms. The van der Waals surface area contributed by atoms with Gasteiger partial charge in [-0.2, -0.15) is 0 Å². The largest absolute Gasteiger partial charge is 0.756 e. The van der Waals surface area contributed by atoms with Gasteiger partial charge in [-0.15, -0.1) is 11.6 Å². The van der Waals surface area contributed by atoms with Crippen LogP contribution in [0.4, 0.5) is 0 Å². The van der Waals surface area contributed by atoms with Crippen LogP contribution in [0, 0.1) is 0 Å². The maximum absolute atomic E-state index is 13.4. The van der Waals surface area contributed by atoms with Crippen molar-refractivity contribution in [2.75, 3.05) is 66.2 Å². The summed E-state index contributed by atoms with van der Waals surface area (Å²) in [5, 5.41) is 0. The molecule has 1 aromatic heterocycles. The lowest BCUT2D eigenvalue weighted by Gasteiger charge is -2.41. The number of alkyl halides is 1. The fourth-order valence-electron chi connectivity index (χ4n) is 7.45. The number of phosphoric ester groups is 1. The van der Waals surface area contributed by atoms with E-state index in [0.717, 1.165) is 27.3 Å². The number of aromatic amines is 1. The van der Waals surface area contributed by atoms with Gasteiger partial charge in [-0.3, -0.25) is 18.9 Å². The van der Waals surface area contributed by atoms with Gasteiger partial charge in [0.25, 0.3) is 13.4 Å². The number of nitrogens with zero attached hydrogens (tertiary/aromatic N) is 1. The molecule has 2 aliphatic rings. The molecule has 0 aliphatic carbocycles. The van der Waals surface area contributed by atoms with Gasteiger partial charge in [0.2, 0.25) is 0 Å². The number of ether oxygens (including phenoxy) is 6. The molecule has 0 amide bonds. The lowest BCUT2D eigenvalue weighted by atomic mass is 9.80. The van der Waals surface area contributed by atoms with Crippen molar-refractivity contribution in [2.45, 2.75) is 69.5 Å². The molecule has 2 N–H and O–H groups in total. The smallest absolute Gasteiger partial charge is 0.330 e.